The van der Waals surface area contributed by atoms with E-state index < -0.39 is 0 Å². The van der Waals surface area contributed by atoms with E-state index in [-0.39, 0.29) is 0 Å². The number of hydrogen-bond acceptors (Lipinski definition) is 13. The van der Waals surface area contributed by atoms with Crippen LogP contribution in [0, 0.1) is 0 Å². The molecule has 0 atom stereocenters. The van der Waals surface area contributed by atoms with E-state index in [9.17, 15) is 0 Å². The SMILES string of the molecule is c1ccc(-c2cc(-c3ccccc3)nc(-n3c4c5ccccc5oc4c4oc5ccccc5c43)n2)cc1.c1ccc(-c2cccc(-c3cc(-c4ccccc4)nc(-n4c5c6ccccc6oc5c5oc6ccccc6c54)n3)c2)cc1.c1ccc(-c2cccc(-c3nc(-c4ccccc4)nc(-n4c5c6ccccc6oc5c5oc6ccccc6c54)n3)c2)cc1. The molecule has 26 rings (SSSR count). The molecule has 0 spiro atoms. The van der Waals surface area contributed by atoms with Gasteiger partial charge in [0.15, 0.2) is 45.1 Å². The molecule has 0 aliphatic heterocycles. The average molecular weight is 1590 g/mol. The zero-order valence-electron chi connectivity index (χ0n) is 65.4. The Bertz CT molecular complexity index is 7910. The standard InChI is InChI=1S/C38H23N3O2.C37H22N4O2.C32H19N3O2/c1-3-12-24(13-4-1)26-16-11-17-27(22-26)31-23-30(25-14-5-2-6-15-25)39-38(40-31)41-34-28-18-7-9-20-32(28)42-36(34)37-35(41)29-19-8-10-21-33(29)43-37;1-3-12-23(13-4-1)25-16-11-17-26(22-25)36-38-35(24-14-5-2-6-15-24)39-37(40-36)41-31-27-18-7-9-20-29(27)42-33(31)34-32(41)28-19-8-10-21-30(28)43-34;1-3-11-20(12-4-1)24-19-25(21-13-5-2-6-14-21)34-32(33-24)35-28-22-15-7-9-17-26(22)36-30(28)31-29(35)23-16-8-10-18-27(23)37-31/h1-23H;1-22H;1-19H. The normalized spacial score (nSPS) is 11.7. The van der Waals surface area contributed by atoms with E-state index in [0.29, 0.717) is 63.0 Å². The average Bonchev–Trinajstić information content (AvgIpc) is 1.55. The number of furan rings is 6. The minimum atomic E-state index is 0.493. The van der Waals surface area contributed by atoms with Crippen molar-refractivity contribution in [2.75, 3.05) is 0 Å². The first-order valence-electron chi connectivity index (χ1n) is 40.6. The third-order valence-electron chi connectivity index (χ3n) is 22.8. The Morgan fingerprint density at radius 2 is 0.366 bits per heavy atom. The molecular formula is C107H64N10O6. The summed E-state index contributed by atoms with van der Waals surface area (Å²) in [5, 5.41) is 5.86. The zero-order valence-corrected chi connectivity index (χ0v) is 65.4. The first-order valence-corrected chi connectivity index (χ1v) is 40.6. The van der Waals surface area contributed by atoms with Crippen molar-refractivity contribution in [2.24, 2.45) is 0 Å². The second-order valence-electron chi connectivity index (χ2n) is 30.2. The highest BCUT2D eigenvalue weighted by molar-refractivity contribution is 6.23. The minimum absolute atomic E-state index is 0.493. The second kappa shape index (κ2) is 28.9. The molecule has 0 radical (unpaired) electrons. The van der Waals surface area contributed by atoms with Crippen LogP contribution < -0.4 is 0 Å². The third kappa shape index (κ3) is 11.9. The quantitative estimate of drug-likeness (QED) is 0.119. The van der Waals surface area contributed by atoms with Crippen molar-refractivity contribution in [3.05, 3.63) is 388 Å². The molecule has 16 nitrogen and oxygen atoms in total. The summed E-state index contributed by atoms with van der Waals surface area (Å²) in [6.45, 7) is 0. The first kappa shape index (κ1) is 70.1. The van der Waals surface area contributed by atoms with Gasteiger partial charge >= 0.3 is 0 Å². The van der Waals surface area contributed by atoms with E-state index in [4.69, 9.17) is 61.4 Å². The lowest BCUT2D eigenvalue weighted by Gasteiger charge is -2.12. The summed E-state index contributed by atoms with van der Waals surface area (Å²) in [4.78, 5) is 35.9. The summed E-state index contributed by atoms with van der Waals surface area (Å²) in [5.41, 5.74) is 27.9. The molecule has 12 heterocycles. The molecule has 0 N–H and O–H groups in total. The van der Waals surface area contributed by atoms with Crippen molar-refractivity contribution in [3.8, 4) is 108 Å². The molecule has 0 saturated carbocycles. The van der Waals surface area contributed by atoms with Gasteiger partial charge in [-0.15, -0.1) is 0 Å². The van der Waals surface area contributed by atoms with Gasteiger partial charge in [-0.05, 0) is 119 Å². The molecule has 0 aliphatic rings. The van der Waals surface area contributed by atoms with Gasteiger partial charge in [0, 0.05) is 65.7 Å². The maximum absolute atomic E-state index is 6.42. The molecule has 578 valence electrons. The fourth-order valence-corrected chi connectivity index (χ4v) is 17.1. The number of aromatic nitrogens is 10. The van der Waals surface area contributed by atoms with E-state index in [1.54, 1.807) is 0 Å². The second-order valence-corrected chi connectivity index (χ2v) is 30.2. The summed E-state index contributed by atoms with van der Waals surface area (Å²) in [5.74, 6) is 2.78. The highest BCUT2D eigenvalue weighted by atomic mass is 16.4. The van der Waals surface area contributed by atoms with Gasteiger partial charge < -0.3 is 26.5 Å². The molecule has 0 unspecified atom stereocenters. The summed E-state index contributed by atoms with van der Waals surface area (Å²) in [7, 11) is 0. The molecule has 16 heteroatoms. The molecule has 0 bridgehead atoms. The highest BCUT2D eigenvalue weighted by Gasteiger charge is 2.31. The molecule has 0 fully saturated rings. The summed E-state index contributed by atoms with van der Waals surface area (Å²) in [6, 6.07) is 131. The van der Waals surface area contributed by atoms with Gasteiger partial charge in [-0.25, -0.2) is 24.9 Å². The number of hydrogen-bond donors (Lipinski definition) is 0. The zero-order chi connectivity index (χ0) is 81.0. The van der Waals surface area contributed by atoms with Crippen LogP contribution in [0.25, 0.3) is 240 Å². The lowest BCUT2D eigenvalue weighted by Crippen LogP contribution is -2.06. The van der Waals surface area contributed by atoms with Gasteiger partial charge in [-0.1, -0.05) is 291 Å². The Morgan fingerprint density at radius 1 is 0.154 bits per heavy atom. The minimum Gasteiger partial charge on any atom is -0.450 e. The Hall–Kier alpha value is -17.1. The third-order valence-corrected chi connectivity index (χ3v) is 22.8. The highest BCUT2D eigenvalue weighted by Crippen LogP contribution is 2.48. The number of rotatable bonds is 11. The molecule has 26 aromatic rings. The van der Waals surface area contributed by atoms with Crippen molar-refractivity contribution < 1.29 is 26.5 Å². The van der Waals surface area contributed by atoms with E-state index in [1.807, 2.05) is 237 Å². The fourth-order valence-electron chi connectivity index (χ4n) is 17.1. The first-order chi connectivity index (χ1) is 61.0. The van der Waals surface area contributed by atoms with Crippen molar-refractivity contribution in [1.29, 1.82) is 0 Å². The van der Waals surface area contributed by atoms with Crippen LogP contribution in [0.1, 0.15) is 0 Å². The lowest BCUT2D eigenvalue weighted by atomic mass is 10.0. The largest absolute Gasteiger partial charge is 0.450 e. The summed E-state index contributed by atoms with van der Waals surface area (Å²) in [6.07, 6.45) is 0. The smallest absolute Gasteiger partial charge is 0.239 e. The molecule has 0 saturated heterocycles. The van der Waals surface area contributed by atoms with Crippen LogP contribution in [0.4, 0.5) is 0 Å². The Balaban J connectivity index is 0.000000104. The topological polar surface area (TPSA) is 184 Å². The lowest BCUT2D eigenvalue weighted by molar-refractivity contribution is 0.634. The summed E-state index contributed by atoms with van der Waals surface area (Å²) < 4.78 is 44.6. The van der Waals surface area contributed by atoms with Crippen LogP contribution >= 0.6 is 0 Å². The van der Waals surface area contributed by atoms with Crippen molar-refractivity contribution in [2.45, 2.75) is 0 Å². The Morgan fingerprint density at radius 3 is 0.667 bits per heavy atom. The van der Waals surface area contributed by atoms with E-state index in [2.05, 4.69) is 165 Å². The number of fused-ring (bicyclic) bond motifs is 21. The van der Waals surface area contributed by atoms with Gasteiger partial charge in [0.2, 0.25) is 17.8 Å². The molecule has 123 heavy (non-hydrogen) atoms. The fraction of sp³-hybridized carbons (Fsp3) is 0. The number of nitrogens with zero attached hydrogens (tertiary/aromatic N) is 10. The molecule has 12 aromatic heterocycles. The van der Waals surface area contributed by atoms with Crippen LogP contribution in [0.2, 0.25) is 0 Å². The predicted octanol–water partition coefficient (Wildman–Crippen LogP) is 27.9. The maximum atomic E-state index is 6.42. The maximum Gasteiger partial charge on any atom is 0.239 e. The summed E-state index contributed by atoms with van der Waals surface area (Å²) >= 11 is 0. The van der Waals surface area contributed by atoms with Gasteiger partial charge in [0.25, 0.3) is 0 Å². The van der Waals surface area contributed by atoms with Crippen LogP contribution in [0.5, 0.6) is 0 Å². The van der Waals surface area contributed by atoms with Gasteiger partial charge in [0.1, 0.15) is 66.6 Å². The molecule has 14 aromatic carbocycles. The Kier molecular flexibility index (Phi) is 16.5. The monoisotopic (exact) mass is 1580 g/mol. The van der Waals surface area contributed by atoms with Crippen molar-refractivity contribution in [3.63, 3.8) is 0 Å². The van der Waals surface area contributed by atoms with Crippen LogP contribution in [0.3, 0.4) is 0 Å². The van der Waals surface area contributed by atoms with E-state index >= 15 is 0 Å². The van der Waals surface area contributed by atoms with Crippen LogP contribution in [-0.2, 0) is 0 Å². The Labute approximate surface area is 699 Å². The van der Waals surface area contributed by atoms with E-state index in [1.165, 1.54) is 0 Å². The van der Waals surface area contributed by atoms with Gasteiger partial charge in [0.05, 0.1) is 22.8 Å². The number of para-hydroxylation sites is 6. The van der Waals surface area contributed by atoms with Crippen LogP contribution in [0.15, 0.2) is 415 Å². The molecule has 0 aliphatic carbocycles. The van der Waals surface area contributed by atoms with Crippen molar-refractivity contribution in [1.82, 2.24) is 48.6 Å². The van der Waals surface area contributed by atoms with Crippen LogP contribution in [-0.4, -0.2) is 48.6 Å². The van der Waals surface area contributed by atoms with Gasteiger partial charge in [-0.3, -0.25) is 13.7 Å². The van der Waals surface area contributed by atoms with E-state index in [0.717, 1.165) is 177 Å². The predicted molar refractivity (Wildman–Crippen MR) is 489 cm³/mol. The van der Waals surface area contributed by atoms with Crippen molar-refractivity contribution >= 4 is 132 Å². The molecule has 0 amide bonds. The molecular weight excluding hydrogens is 1520 g/mol. The van der Waals surface area contributed by atoms with Gasteiger partial charge in [-0.2, -0.15) is 9.97 Å². The number of benzene rings is 14.